The lowest BCUT2D eigenvalue weighted by atomic mass is 9.77. The lowest BCUT2D eigenvalue weighted by molar-refractivity contribution is -0.274. The predicted molar refractivity (Wildman–Crippen MR) is 166 cm³/mol. The average molecular weight is 657 g/mol. The van der Waals surface area contributed by atoms with Crippen molar-refractivity contribution in [2.75, 3.05) is 7.11 Å². The van der Waals surface area contributed by atoms with Gasteiger partial charge in [-0.25, -0.2) is 9.78 Å². The molecule has 252 valence electrons. The lowest BCUT2D eigenvalue weighted by Gasteiger charge is -2.31. The fourth-order valence-electron chi connectivity index (χ4n) is 6.01. The molecule has 0 radical (unpaired) electrons. The molecule has 0 unspecified atom stereocenters. The summed E-state index contributed by atoms with van der Waals surface area (Å²) in [5, 5.41) is 2.71. The van der Waals surface area contributed by atoms with Gasteiger partial charge in [0.25, 0.3) is 5.91 Å². The molecular weight excluding hydrogens is 617 g/mol. The van der Waals surface area contributed by atoms with Crippen LogP contribution < -0.4 is 19.5 Å². The molecule has 1 saturated heterocycles. The molecule has 1 fully saturated rings. The van der Waals surface area contributed by atoms with Crippen LogP contribution in [-0.2, 0) is 27.2 Å². The predicted octanol–water partition coefficient (Wildman–Crippen LogP) is 6.63. The smallest absolute Gasteiger partial charge is 0.493 e. The molecular formula is C35H39F3N2O7. The zero-order chi connectivity index (χ0) is 34.0. The summed E-state index contributed by atoms with van der Waals surface area (Å²) in [4.78, 5) is 42.6. The van der Waals surface area contributed by atoms with Gasteiger partial charge in [0.15, 0.2) is 11.4 Å². The lowest BCUT2D eigenvalue weighted by Crippen LogP contribution is -2.43. The Balaban J connectivity index is 1.53. The molecule has 2 heterocycles. The summed E-state index contributed by atoms with van der Waals surface area (Å²) in [5.74, 6) is -2.38. The highest BCUT2D eigenvalue weighted by molar-refractivity contribution is 5.98. The second-order valence-electron chi connectivity index (χ2n) is 11.6. The molecule has 1 aliphatic heterocycles. The molecule has 1 aromatic heterocycles. The zero-order valence-electron chi connectivity index (χ0n) is 26.5. The number of halogens is 3. The van der Waals surface area contributed by atoms with Crippen LogP contribution in [0.3, 0.4) is 0 Å². The van der Waals surface area contributed by atoms with E-state index >= 15 is 0 Å². The summed E-state index contributed by atoms with van der Waals surface area (Å²) < 4.78 is 58.5. The van der Waals surface area contributed by atoms with E-state index in [-0.39, 0.29) is 34.8 Å². The number of hydrogen-bond donors (Lipinski definition) is 1. The Hall–Kier alpha value is -4.61. The van der Waals surface area contributed by atoms with Crippen LogP contribution in [0.25, 0.3) is 0 Å². The maximum absolute atomic E-state index is 13.5. The van der Waals surface area contributed by atoms with E-state index in [1.165, 1.54) is 44.0 Å². The van der Waals surface area contributed by atoms with E-state index in [0.717, 1.165) is 31.2 Å². The Morgan fingerprint density at radius 3 is 2.40 bits per heavy atom. The number of hydrogen-bond acceptors (Lipinski definition) is 8. The van der Waals surface area contributed by atoms with Crippen molar-refractivity contribution < 1.29 is 46.5 Å². The van der Waals surface area contributed by atoms with Gasteiger partial charge in [0, 0.05) is 25.1 Å². The number of cyclic esters (lactones) is 1. The number of nitrogens with one attached hydrogen (secondary N) is 1. The van der Waals surface area contributed by atoms with Gasteiger partial charge >= 0.3 is 18.3 Å². The fourth-order valence-corrected chi connectivity index (χ4v) is 6.01. The van der Waals surface area contributed by atoms with Gasteiger partial charge in [-0.15, -0.1) is 13.2 Å². The molecule has 4 atom stereocenters. The van der Waals surface area contributed by atoms with Crippen molar-refractivity contribution in [3.8, 4) is 17.2 Å². The largest absolute Gasteiger partial charge is 0.573 e. The van der Waals surface area contributed by atoms with Gasteiger partial charge in [-0.1, -0.05) is 48.9 Å². The zero-order valence-corrected chi connectivity index (χ0v) is 26.5. The Kier molecular flexibility index (Phi) is 12.2. The van der Waals surface area contributed by atoms with Crippen LogP contribution in [0.15, 0.2) is 66.9 Å². The summed E-state index contributed by atoms with van der Waals surface area (Å²) in [5.41, 5.74) is 1.79. The second kappa shape index (κ2) is 16.3. The SMILES string of the molecule is COc1ccnc(C(=O)N[C@H]2CCC[C@H](CCCc3ccccc3)[C@@H](Cc3ccc(OC(F)(F)F)cc3)[C@H](C)OC2=O)c1OC(C)=O. The van der Waals surface area contributed by atoms with Gasteiger partial charge in [-0.3, -0.25) is 9.59 Å². The second-order valence-corrected chi connectivity index (χ2v) is 11.6. The fraction of sp³-hybridized carbons (Fsp3) is 0.429. The Morgan fingerprint density at radius 1 is 1.02 bits per heavy atom. The number of aromatic nitrogens is 1. The Bertz CT molecular complexity index is 1500. The highest BCUT2D eigenvalue weighted by Crippen LogP contribution is 2.35. The number of carbonyl (C=O) groups is 3. The van der Waals surface area contributed by atoms with E-state index in [0.29, 0.717) is 19.3 Å². The summed E-state index contributed by atoms with van der Waals surface area (Å²) in [7, 11) is 1.36. The summed E-state index contributed by atoms with van der Waals surface area (Å²) in [6.45, 7) is 2.99. The first-order valence-electron chi connectivity index (χ1n) is 15.5. The number of amides is 1. The average Bonchev–Trinajstić information content (AvgIpc) is 3.07. The van der Waals surface area contributed by atoms with Crippen LogP contribution in [0.2, 0.25) is 0 Å². The third-order valence-corrected chi connectivity index (χ3v) is 8.23. The number of alkyl halides is 3. The van der Waals surface area contributed by atoms with Gasteiger partial charge < -0.3 is 24.3 Å². The van der Waals surface area contributed by atoms with Gasteiger partial charge in [-0.05, 0) is 74.6 Å². The van der Waals surface area contributed by atoms with E-state index in [9.17, 15) is 27.6 Å². The number of nitrogens with zero attached hydrogens (tertiary/aromatic N) is 1. The van der Waals surface area contributed by atoms with Crippen LogP contribution in [0.5, 0.6) is 17.2 Å². The van der Waals surface area contributed by atoms with E-state index in [2.05, 4.69) is 27.2 Å². The van der Waals surface area contributed by atoms with Gasteiger partial charge in [-0.2, -0.15) is 0 Å². The summed E-state index contributed by atoms with van der Waals surface area (Å²) in [6.07, 6.45) is 0.677. The molecule has 1 amide bonds. The molecule has 3 aromatic rings. The third-order valence-electron chi connectivity index (χ3n) is 8.23. The number of carbonyl (C=O) groups excluding carboxylic acids is 3. The molecule has 12 heteroatoms. The molecule has 1 aliphatic rings. The third kappa shape index (κ3) is 10.5. The van der Waals surface area contributed by atoms with E-state index < -0.39 is 36.4 Å². The van der Waals surface area contributed by atoms with Crippen LogP contribution in [0, 0.1) is 11.8 Å². The topological polar surface area (TPSA) is 113 Å². The molecule has 0 aliphatic carbocycles. The van der Waals surface area contributed by atoms with Crippen molar-refractivity contribution in [2.45, 2.75) is 77.3 Å². The van der Waals surface area contributed by atoms with Crippen molar-refractivity contribution in [2.24, 2.45) is 11.8 Å². The Labute approximate surface area is 271 Å². The Morgan fingerprint density at radius 2 is 1.74 bits per heavy atom. The number of pyridine rings is 1. The normalized spacial score (nSPS) is 20.2. The van der Waals surface area contributed by atoms with Gasteiger partial charge in [0.2, 0.25) is 5.75 Å². The maximum Gasteiger partial charge on any atom is 0.573 e. The number of ether oxygens (including phenoxy) is 4. The first kappa shape index (κ1) is 35.2. The van der Waals surface area contributed by atoms with Crippen LogP contribution in [0.4, 0.5) is 13.2 Å². The quantitative estimate of drug-likeness (QED) is 0.229. The van der Waals surface area contributed by atoms with Crippen LogP contribution >= 0.6 is 0 Å². The van der Waals surface area contributed by atoms with E-state index in [1.54, 1.807) is 19.1 Å². The number of benzene rings is 2. The molecule has 1 N–H and O–H groups in total. The maximum atomic E-state index is 13.5. The summed E-state index contributed by atoms with van der Waals surface area (Å²) >= 11 is 0. The monoisotopic (exact) mass is 656 g/mol. The number of esters is 2. The minimum atomic E-state index is -4.79. The summed E-state index contributed by atoms with van der Waals surface area (Å²) in [6, 6.07) is 16.3. The highest BCUT2D eigenvalue weighted by Gasteiger charge is 2.35. The molecule has 9 nitrogen and oxygen atoms in total. The minimum Gasteiger partial charge on any atom is -0.493 e. The van der Waals surface area contributed by atoms with Gasteiger partial charge in [0.1, 0.15) is 17.9 Å². The van der Waals surface area contributed by atoms with Crippen molar-refractivity contribution in [3.05, 3.63) is 83.7 Å². The van der Waals surface area contributed by atoms with E-state index in [1.807, 2.05) is 18.2 Å². The number of methoxy groups -OCH3 is 1. The first-order valence-corrected chi connectivity index (χ1v) is 15.5. The molecule has 2 aromatic carbocycles. The molecule has 0 bridgehead atoms. The van der Waals surface area contributed by atoms with Crippen molar-refractivity contribution in [1.82, 2.24) is 10.3 Å². The molecule has 0 saturated carbocycles. The molecule has 4 rings (SSSR count). The standard InChI is InChI=1S/C35H39F3N2O7/c1-22-28(21-25-15-17-27(18-16-25)47-35(36,37)38)26(12-7-11-24-9-5-4-6-10-24)13-8-14-29(34(43)45-22)40-33(42)31-32(46-23(2)41)30(44-3)19-20-39-31/h4-6,9-10,15-20,22,26,28-29H,7-8,11-14,21H2,1-3H3,(H,40,42)/t22-,26-,28-,29-/m0/s1. The van der Waals surface area contributed by atoms with Crippen molar-refractivity contribution in [3.63, 3.8) is 0 Å². The van der Waals surface area contributed by atoms with Crippen LogP contribution in [0.1, 0.15) is 67.6 Å². The first-order chi connectivity index (χ1) is 22.4. The number of aryl methyl sites for hydroxylation is 1. The minimum absolute atomic E-state index is 0.123. The molecule has 0 spiro atoms. The highest BCUT2D eigenvalue weighted by atomic mass is 19.4. The van der Waals surface area contributed by atoms with Crippen molar-refractivity contribution in [1.29, 1.82) is 0 Å². The van der Waals surface area contributed by atoms with Gasteiger partial charge in [0.05, 0.1) is 7.11 Å². The molecule has 47 heavy (non-hydrogen) atoms. The van der Waals surface area contributed by atoms with E-state index in [4.69, 9.17) is 14.2 Å². The number of rotatable bonds is 11. The van der Waals surface area contributed by atoms with Crippen LogP contribution in [-0.4, -0.2) is 48.4 Å². The van der Waals surface area contributed by atoms with Crippen molar-refractivity contribution >= 4 is 17.8 Å².